The van der Waals surface area contributed by atoms with Crippen LogP contribution in [0.4, 0.5) is 13.2 Å². The van der Waals surface area contributed by atoms with E-state index in [9.17, 15) is 17.4 Å². The van der Waals surface area contributed by atoms with Crippen LogP contribution in [0, 0.1) is 0 Å². The Morgan fingerprint density at radius 1 is 1.32 bits per heavy atom. The van der Waals surface area contributed by atoms with Crippen molar-refractivity contribution in [1.29, 1.82) is 0 Å². The van der Waals surface area contributed by atoms with Gasteiger partial charge in [-0.3, -0.25) is 8.74 Å². The van der Waals surface area contributed by atoms with Gasteiger partial charge in [0, 0.05) is 39.8 Å². The van der Waals surface area contributed by atoms with Crippen LogP contribution < -0.4 is 0 Å². The summed E-state index contributed by atoms with van der Waals surface area (Å²) in [6.45, 7) is -0.0440. The molecule has 1 unspecified atom stereocenters. The topological polar surface area (TPSA) is 55.8 Å². The van der Waals surface area contributed by atoms with Gasteiger partial charge in [-0.1, -0.05) is 12.1 Å². The first-order valence-corrected chi connectivity index (χ1v) is 5.82. The molecule has 1 radical (unpaired) electrons. The molecule has 0 bridgehead atoms. The van der Waals surface area contributed by atoms with Gasteiger partial charge in [0.05, 0.1) is 12.2 Å². The van der Waals surface area contributed by atoms with Crippen molar-refractivity contribution in [2.24, 2.45) is 0 Å². The summed E-state index contributed by atoms with van der Waals surface area (Å²) < 4.78 is 65.5. The Balaban J connectivity index is 0.00000324. The molecule has 0 aliphatic carbocycles. The molecule has 2 atom stereocenters. The molecule has 1 N–H and O–H groups in total. The van der Waals surface area contributed by atoms with Crippen LogP contribution >= 0.6 is 0 Å². The first kappa shape index (κ1) is 19.1. The maximum Gasteiger partial charge on any atom is 0.416 e. The summed E-state index contributed by atoms with van der Waals surface area (Å²) in [6, 6.07) is 4.11. The van der Waals surface area contributed by atoms with Gasteiger partial charge in [-0.05, 0) is 17.7 Å². The van der Waals surface area contributed by atoms with Crippen LogP contribution in [-0.2, 0) is 59.2 Å². The minimum absolute atomic E-state index is 0. The maximum atomic E-state index is 12.3. The van der Waals surface area contributed by atoms with Crippen LogP contribution in [0.2, 0.25) is 0 Å². The van der Waals surface area contributed by atoms with Crippen LogP contribution in [0.5, 0.6) is 0 Å². The Labute approximate surface area is 136 Å². The second-order valence-electron chi connectivity index (χ2n) is 3.38. The summed E-state index contributed by atoms with van der Waals surface area (Å²) in [5.74, 6) is 0. The van der Waals surface area contributed by atoms with E-state index in [1.165, 1.54) is 19.2 Å². The summed E-state index contributed by atoms with van der Waals surface area (Å²) in [4.78, 5) is 0. The number of hydrogen-bond donors (Lipinski definition) is 1. The van der Waals surface area contributed by atoms with Crippen molar-refractivity contribution >= 4 is 11.4 Å². The Bertz CT molecular complexity index is 410. The zero-order valence-corrected chi connectivity index (χ0v) is 13.5. The molecule has 0 aromatic heterocycles. The molecule has 1 aromatic carbocycles. The van der Waals surface area contributed by atoms with Gasteiger partial charge in [-0.15, -0.1) is 0 Å². The Hall–Kier alpha value is 0.144. The smallest absolute Gasteiger partial charge is 0.382 e. The summed E-state index contributed by atoms with van der Waals surface area (Å²) >= 11 is -2.52. The third-order valence-corrected chi connectivity index (χ3v) is 2.52. The van der Waals surface area contributed by atoms with Gasteiger partial charge in [-0.25, -0.2) is 0 Å². The van der Waals surface area contributed by atoms with Gasteiger partial charge < -0.3 is 4.74 Å². The van der Waals surface area contributed by atoms with Gasteiger partial charge in [0.25, 0.3) is 0 Å². The van der Waals surface area contributed by atoms with E-state index in [0.29, 0.717) is 5.56 Å². The van der Waals surface area contributed by atoms with Crippen molar-refractivity contribution in [2.45, 2.75) is 12.3 Å². The standard InChI is InChI=1S/C10H11F3O4S.Y/c1-16-6-9(17-18(14)15)7-2-4-8(5-3-7)10(11,12)13;/h2-5,9H,6H2,1H3,(H,14,15);/t9-;/m1./s1. The van der Waals surface area contributed by atoms with E-state index >= 15 is 0 Å². The SMILES string of the molecule is COC[C@@H](OS(=O)O)c1ccc(C(F)(F)F)cc1.[Y]. The number of alkyl halides is 3. The zero-order chi connectivity index (χ0) is 13.8. The molecule has 0 saturated heterocycles. The van der Waals surface area contributed by atoms with E-state index < -0.39 is 29.2 Å². The molecule has 1 aromatic rings. The van der Waals surface area contributed by atoms with E-state index in [1.54, 1.807) is 0 Å². The normalized spacial score (nSPS) is 14.6. The van der Waals surface area contributed by atoms with E-state index in [1.807, 2.05) is 0 Å². The number of hydrogen-bond acceptors (Lipinski definition) is 3. The summed E-state index contributed by atoms with van der Waals surface area (Å²) in [5, 5.41) is 0. The van der Waals surface area contributed by atoms with Gasteiger partial charge >= 0.3 is 17.5 Å². The van der Waals surface area contributed by atoms with Crippen molar-refractivity contribution in [3.05, 3.63) is 35.4 Å². The van der Waals surface area contributed by atoms with Crippen molar-refractivity contribution < 1.29 is 63.6 Å². The van der Waals surface area contributed by atoms with Crippen molar-refractivity contribution in [3.63, 3.8) is 0 Å². The predicted molar refractivity (Wildman–Crippen MR) is 57.9 cm³/mol. The second kappa shape index (κ2) is 8.43. The van der Waals surface area contributed by atoms with E-state index in [2.05, 4.69) is 4.18 Å². The third kappa shape index (κ3) is 6.42. The van der Waals surface area contributed by atoms with Crippen LogP contribution in [0.25, 0.3) is 0 Å². The molecule has 19 heavy (non-hydrogen) atoms. The molecule has 0 aliphatic heterocycles. The van der Waals surface area contributed by atoms with Crippen LogP contribution in [0.15, 0.2) is 24.3 Å². The molecule has 0 heterocycles. The van der Waals surface area contributed by atoms with Gasteiger partial charge in [0.2, 0.25) is 0 Å². The van der Waals surface area contributed by atoms with Gasteiger partial charge in [-0.2, -0.15) is 17.4 Å². The van der Waals surface area contributed by atoms with Gasteiger partial charge in [0.1, 0.15) is 6.10 Å². The van der Waals surface area contributed by atoms with Crippen molar-refractivity contribution in [3.8, 4) is 0 Å². The fourth-order valence-electron chi connectivity index (χ4n) is 1.32. The zero-order valence-electron chi connectivity index (χ0n) is 9.89. The van der Waals surface area contributed by atoms with Crippen LogP contribution in [-0.4, -0.2) is 22.5 Å². The molecule has 0 saturated carbocycles. The molecule has 1 rings (SSSR count). The first-order valence-electron chi connectivity index (χ1n) is 4.78. The molecule has 0 spiro atoms. The molecule has 105 valence electrons. The molecule has 0 amide bonds. The van der Waals surface area contributed by atoms with E-state index in [4.69, 9.17) is 9.29 Å². The monoisotopic (exact) mass is 373 g/mol. The fraction of sp³-hybridized carbons (Fsp3) is 0.400. The summed E-state index contributed by atoms with van der Waals surface area (Å²) in [5.41, 5.74) is -0.472. The quantitative estimate of drug-likeness (QED) is 0.807. The van der Waals surface area contributed by atoms with E-state index in [0.717, 1.165) is 12.1 Å². The van der Waals surface area contributed by atoms with Crippen LogP contribution in [0.1, 0.15) is 17.2 Å². The largest absolute Gasteiger partial charge is 0.416 e. The van der Waals surface area contributed by atoms with Crippen molar-refractivity contribution in [1.82, 2.24) is 0 Å². The Morgan fingerprint density at radius 3 is 2.21 bits per heavy atom. The van der Waals surface area contributed by atoms with Crippen molar-refractivity contribution in [2.75, 3.05) is 13.7 Å². The second-order valence-corrected chi connectivity index (χ2v) is 4.00. The molecule has 9 heteroatoms. The molecule has 0 aliphatic rings. The maximum absolute atomic E-state index is 12.3. The summed E-state index contributed by atoms with van der Waals surface area (Å²) in [6.07, 6.45) is -5.32. The number of benzene rings is 1. The summed E-state index contributed by atoms with van der Waals surface area (Å²) in [7, 11) is 1.35. The van der Waals surface area contributed by atoms with Gasteiger partial charge in [0.15, 0.2) is 0 Å². The minimum Gasteiger partial charge on any atom is -0.382 e. The molecular formula is C10H11F3O4SY. The molecule has 0 fully saturated rings. The Kier molecular flexibility index (Phi) is 8.50. The first-order chi connectivity index (χ1) is 8.34. The number of methoxy groups -OCH3 is 1. The average molecular weight is 373 g/mol. The predicted octanol–water partition coefficient (Wildman–Crippen LogP) is 2.54. The minimum atomic E-state index is -4.42. The number of rotatable bonds is 5. The molecular weight excluding hydrogens is 362 g/mol. The average Bonchev–Trinajstić information content (AvgIpc) is 2.27. The molecule has 4 nitrogen and oxygen atoms in total. The number of halogens is 3. The number of ether oxygens (including phenoxy) is 1. The fourth-order valence-corrected chi connectivity index (χ4v) is 1.68. The van der Waals surface area contributed by atoms with Crippen LogP contribution in [0.3, 0.4) is 0 Å². The van der Waals surface area contributed by atoms with E-state index in [-0.39, 0.29) is 39.3 Å². The Morgan fingerprint density at radius 2 is 1.84 bits per heavy atom. The third-order valence-electron chi connectivity index (χ3n) is 2.13.